The SMILES string of the molecule is C=C(C)C(=O)O.C=C(C)C(=O)O.C=C(C)C(=O)O.C=CC(=O)OCC(CO)(COC(=O)C=C)COC(=O)C=C.CC(CO)(CO)CO. The Morgan fingerprint density at radius 3 is 0.809 bits per heavy atom. The summed E-state index contributed by atoms with van der Waals surface area (Å²) >= 11 is 0. The Kier molecular flexibility index (Phi) is 32.7. The molecule has 0 radical (unpaired) electrons. The maximum Gasteiger partial charge on any atom is 0.330 e. The van der Waals surface area contributed by atoms with Crippen molar-refractivity contribution in [3.8, 4) is 0 Å². The average molecular weight is 677 g/mol. The summed E-state index contributed by atoms with van der Waals surface area (Å²) in [5, 5.41) is 58.6. The number of ether oxygens (including phenoxy) is 3. The highest BCUT2D eigenvalue weighted by Crippen LogP contribution is 2.19. The molecule has 0 aromatic rings. The molecule has 0 saturated carbocycles. The van der Waals surface area contributed by atoms with Gasteiger partial charge in [-0.1, -0.05) is 46.4 Å². The molecule has 0 spiro atoms. The average Bonchev–Trinajstić information content (AvgIpc) is 3.04. The fraction of sp³-hybridized carbons (Fsp3) is 0.419. The van der Waals surface area contributed by atoms with Crippen molar-refractivity contribution in [1.29, 1.82) is 0 Å². The molecule has 0 aromatic heterocycles. The van der Waals surface area contributed by atoms with Crippen LogP contribution in [0.15, 0.2) is 74.4 Å². The van der Waals surface area contributed by atoms with Crippen LogP contribution in [0.3, 0.4) is 0 Å². The molecule has 0 aliphatic heterocycles. The Morgan fingerprint density at radius 1 is 0.532 bits per heavy atom. The second-order valence-electron chi connectivity index (χ2n) is 9.64. The van der Waals surface area contributed by atoms with Crippen molar-refractivity contribution in [3.63, 3.8) is 0 Å². The Morgan fingerprint density at radius 2 is 0.723 bits per heavy atom. The van der Waals surface area contributed by atoms with Gasteiger partial charge in [0.25, 0.3) is 0 Å². The van der Waals surface area contributed by atoms with Crippen molar-refractivity contribution in [3.05, 3.63) is 74.4 Å². The van der Waals surface area contributed by atoms with Gasteiger partial charge in [-0.2, -0.15) is 0 Å². The number of aliphatic hydroxyl groups excluding tert-OH is 4. The van der Waals surface area contributed by atoms with Gasteiger partial charge in [-0.25, -0.2) is 28.8 Å². The van der Waals surface area contributed by atoms with Crippen molar-refractivity contribution in [2.45, 2.75) is 27.7 Å². The third-order valence-electron chi connectivity index (χ3n) is 4.64. The Labute approximate surface area is 273 Å². The molecular weight excluding hydrogens is 628 g/mol. The van der Waals surface area contributed by atoms with Crippen molar-refractivity contribution in [1.82, 2.24) is 0 Å². The summed E-state index contributed by atoms with van der Waals surface area (Å²) in [5.41, 5.74) is -1.46. The van der Waals surface area contributed by atoms with Gasteiger partial charge in [-0.3, -0.25) is 0 Å². The van der Waals surface area contributed by atoms with E-state index in [0.29, 0.717) is 0 Å². The second-order valence-corrected chi connectivity index (χ2v) is 9.64. The van der Waals surface area contributed by atoms with Crippen LogP contribution in [0.1, 0.15) is 27.7 Å². The highest BCUT2D eigenvalue weighted by Gasteiger charge is 2.35. The quantitative estimate of drug-likeness (QED) is 0.0684. The minimum absolute atomic E-state index is 0.176. The summed E-state index contributed by atoms with van der Waals surface area (Å²) in [7, 11) is 0. The minimum atomic E-state index is -1.28. The normalized spacial score (nSPS) is 9.45. The molecule has 7 N–H and O–H groups in total. The zero-order valence-corrected chi connectivity index (χ0v) is 27.2. The number of hydrogen-bond acceptors (Lipinski definition) is 13. The minimum Gasteiger partial charge on any atom is -0.478 e. The molecule has 0 amide bonds. The van der Waals surface area contributed by atoms with Crippen molar-refractivity contribution in [2.24, 2.45) is 10.8 Å². The van der Waals surface area contributed by atoms with Crippen LogP contribution in [-0.2, 0) is 43.0 Å². The van der Waals surface area contributed by atoms with E-state index in [1.54, 1.807) is 6.92 Å². The molecule has 0 unspecified atom stereocenters. The fourth-order valence-corrected chi connectivity index (χ4v) is 1.26. The summed E-state index contributed by atoms with van der Waals surface area (Å²) in [4.78, 5) is 62.1. The number of carboxylic acids is 3. The van der Waals surface area contributed by atoms with Crippen LogP contribution in [0.25, 0.3) is 0 Å². The van der Waals surface area contributed by atoms with E-state index in [4.69, 9.17) is 44.8 Å². The van der Waals surface area contributed by atoms with Gasteiger partial charge >= 0.3 is 35.8 Å². The largest absolute Gasteiger partial charge is 0.478 e. The number of esters is 3. The van der Waals surface area contributed by atoms with Gasteiger partial charge in [0.05, 0.1) is 31.8 Å². The second kappa shape index (κ2) is 29.8. The van der Waals surface area contributed by atoms with Gasteiger partial charge in [0.15, 0.2) is 0 Å². The van der Waals surface area contributed by atoms with Crippen LogP contribution in [0.4, 0.5) is 0 Å². The molecule has 0 aliphatic rings. The lowest BCUT2D eigenvalue weighted by molar-refractivity contribution is -0.159. The van der Waals surface area contributed by atoms with Gasteiger partial charge in [0.2, 0.25) is 0 Å². The number of carbonyl (C=O) groups excluding carboxylic acids is 3. The first-order valence-corrected chi connectivity index (χ1v) is 13.0. The lowest BCUT2D eigenvalue weighted by Gasteiger charge is -2.29. The van der Waals surface area contributed by atoms with Crippen molar-refractivity contribution in [2.75, 3.05) is 46.2 Å². The van der Waals surface area contributed by atoms with E-state index < -0.39 is 53.3 Å². The molecule has 16 nitrogen and oxygen atoms in total. The molecule has 268 valence electrons. The number of aliphatic carboxylic acids is 3. The third kappa shape index (κ3) is 33.8. The van der Waals surface area contributed by atoms with Gasteiger partial charge in [0, 0.05) is 40.4 Å². The summed E-state index contributed by atoms with van der Waals surface area (Å²) < 4.78 is 14.5. The van der Waals surface area contributed by atoms with Crippen molar-refractivity contribution < 1.29 is 78.7 Å². The number of carboxylic acid groups (broad SMARTS) is 3. The maximum atomic E-state index is 11.1. The molecule has 47 heavy (non-hydrogen) atoms. The molecular formula is C31H48O16. The zero-order valence-electron chi connectivity index (χ0n) is 27.2. The molecule has 0 bridgehead atoms. The van der Waals surface area contributed by atoms with Gasteiger partial charge in [-0.05, 0) is 20.8 Å². The first-order chi connectivity index (χ1) is 21.5. The van der Waals surface area contributed by atoms with Gasteiger partial charge in [0.1, 0.15) is 19.8 Å². The van der Waals surface area contributed by atoms with Gasteiger partial charge in [-0.15, -0.1) is 0 Å². The molecule has 0 atom stereocenters. The number of aliphatic hydroxyl groups is 4. The summed E-state index contributed by atoms with van der Waals surface area (Å²) in [6, 6.07) is 0. The zero-order chi connectivity index (χ0) is 38.4. The van der Waals surface area contributed by atoms with E-state index in [-0.39, 0.29) is 56.4 Å². The molecule has 0 aliphatic carbocycles. The van der Waals surface area contributed by atoms with E-state index in [1.807, 2.05) is 0 Å². The molecule has 0 saturated heterocycles. The number of hydrogen-bond donors (Lipinski definition) is 7. The number of rotatable bonds is 16. The summed E-state index contributed by atoms with van der Waals surface area (Å²) in [6.45, 7) is 23.0. The molecule has 0 heterocycles. The predicted molar refractivity (Wildman–Crippen MR) is 170 cm³/mol. The van der Waals surface area contributed by atoms with E-state index in [2.05, 4.69) is 39.5 Å². The van der Waals surface area contributed by atoms with E-state index >= 15 is 0 Å². The lowest BCUT2D eigenvalue weighted by atomic mass is 9.92. The molecule has 0 aromatic carbocycles. The molecule has 16 heteroatoms. The van der Waals surface area contributed by atoms with Crippen LogP contribution in [0.2, 0.25) is 0 Å². The van der Waals surface area contributed by atoms with E-state index in [0.717, 1.165) is 18.2 Å². The smallest absolute Gasteiger partial charge is 0.330 e. The first kappa shape index (κ1) is 51.7. The maximum absolute atomic E-state index is 11.1. The first-order valence-electron chi connectivity index (χ1n) is 13.0. The Hall–Kier alpha value is -4.90. The summed E-state index contributed by atoms with van der Waals surface area (Å²) in [5.74, 6) is -4.98. The van der Waals surface area contributed by atoms with Crippen LogP contribution in [-0.4, -0.2) is 118 Å². The van der Waals surface area contributed by atoms with Gasteiger partial charge < -0.3 is 50.0 Å². The van der Waals surface area contributed by atoms with E-state index in [1.165, 1.54) is 20.8 Å². The standard InChI is InChI=1S/C14H18O7.C5H12O3.3C4H6O2/c1-4-11(16)19-8-14(7-15,9-20-12(17)5-2)10-21-13(18)6-3;1-5(2-6,3-7)4-8;3*1-3(2)4(5)6/h4-6,15H,1-3,7-10H2;6-8H,2-4H2,1H3;3*1H2,2H3,(H,5,6). The van der Waals surface area contributed by atoms with Crippen LogP contribution >= 0.6 is 0 Å². The topological polar surface area (TPSA) is 272 Å². The molecule has 0 fully saturated rings. The molecule has 0 rings (SSSR count). The number of carbonyl (C=O) groups is 6. The van der Waals surface area contributed by atoms with Crippen LogP contribution in [0, 0.1) is 10.8 Å². The Balaban J connectivity index is -0.000000184. The van der Waals surface area contributed by atoms with Crippen LogP contribution in [0.5, 0.6) is 0 Å². The highest BCUT2D eigenvalue weighted by atomic mass is 16.6. The monoisotopic (exact) mass is 676 g/mol. The lowest BCUT2D eigenvalue weighted by Crippen LogP contribution is -2.42. The third-order valence-corrected chi connectivity index (χ3v) is 4.64. The van der Waals surface area contributed by atoms with E-state index in [9.17, 15) is 33.9 Å². The predicted octanol–water partition coefficient (Wildman–Crippen LogP) is 1.06. The highest BCUT2D eigenvalue weighted by molar-refractivity contribution is 5.85. The fourth-order valence-electron chi connectivity index (χ4n) is 1.26. The Bertz CT molecular complexity index is 922. The summed E-state index contributed by atoms with van der Waals surface area (Å²) in [6.07, 6.45) is 2.81. The van der Waals surface area contributed by atoms with Crippen molar-refractivity contribution >= 4 is 35.8 Å². The van der Waals surface area contributed by atoms with Crippen LogP contribution < -0.4 is 0 Å².